The van der Waals surface area contributed by atoms with Crippen molar-refractivity contribution in [3.05, 3.63) is 12.7 Å². The Labute approximate surface area is 62.1 Å². The largest absolute Gasteiger partial charge is 0.397 e. The first-order valence-corrected chi connectivity index (χ1v) is 2.90. The summed E-state index contributed by atoms with van der Waals surface area (Å²) in [6, 6.07) is 0. The zero-order valence-electron chi connectivity index (χ0n) is 5.74. The monoisotopic (exact) mass is 167 g/mol. The molecule has 0 saturated heterocycles. The number of carbonyl (C=O) groups is 1. The Morgan fingerprint density at radius 2 is 2.09 bits per heavy atom. The molecule has 0 heterocycles. The van der Waals surface area contributed by atoms with Gasteiger partial charge in [-0.25, -0.2) is 0 Å². The second-order valence-electron chi connectivity index (χ2n) is 1.88. The van der Waals surface area contributed by atoms with Gasteiger partial charge in [0.05, 0.1) is 0 Å². The van der Waals surface area contributed by atoms with Gasteiger partial charge in [-0.1, -0.05) is 6.08 Å². The highest BCUT2D eigenvalue weighted by Gasteiger charge is 2.30. The highest BCUT2D eigenvalue weighted by Crippen LogP contribution is 2.18. The molecule has 0 spiro atoms. The van der Waals surface area contributed by atoms with E-state index in [4.69, 9.17) is 0 Å². The van der Waals surface area contributed by atoms with Gasteiger partial charge in [0.2, 0.25) is 5.91 Å². The fraction of sp³-hybridized carbons (Fsp3) is 0.500. The van der Waals surface area contributed by atoms with E-state index in [1.54, 1.807) is 0 Å². The topological polar surface area (TPSA) is 29.1 Å². The summed E-state index contributed by atoms with van der Waals surface area (Å²) >= 11 is 0. The van der Waals surface area contributed by atoms with Crippen molar-refractivity contribution >= 4 is 5.91 Å². The van der Waals surface area contributed by atoms with Crippen LogP contribution in [-0.4, -0.2) is 18.6 Å². The van der Waals surface area contributed by atoms with Gasteiger partial charge in [0.1, 0.15) is 6.42 Å². The fourth-order valence-electron chi connectivity index (χ4n) is 0.431. The molecule has 0 aromatic carbocycles. The van der Waals surface area contributed by atoms with Crippen LogP contribution in [0.5, 0.6) is 0 Å². The van der Waals surface area contributed by atoms with E-state index in [0.29, 0.717) is 0 Å². The van der Waals surface area contributed by atoms with Gasteiger partial charge in [0.15, 0.2) is 0 Å². The van der Waals surface area contributed by atoms with Crippen molar-refractivity contribution in [1.82, 2.24) is 5.32 Å². The molecule has 1 N–H and O–H groups in total. The lowest BCUT2D eigenvalue weighted by atomic mass is 10.4. The van der Waals surface area contributed by atoms with Crippen molar-refractivity contribution in [3.63, 3.8) is 0 Å². The maximum absolute atomic E-state index is 11.4. The molecule has 0 saturated carbocycles. The first-order chi connectivity index (χ1) is 4.95. The van der Waals surface area contributed by atoms with E-state index in [1.165, 1.54) is 6.08 Å². The summed E-state index contributed by atoms with van der Waals surface area (Å²) < 4.78 is 34.3. The molecule has 64 valence electrons. The Morgan fingerprint density at radius 1 is 1.55 bits per heavy atom. The molecule has 0 unspecified atom stereocenters. The summed E-state index contributed by atoms with van der Waals surface area (Å²) in [5, 5.41) is 2.01. The number of alkyl halides is 3. The molecule has 0 rings (SSSR count). The van der Waals surface area contributed by atoms with Crippen LogP contribution in [0.15, 0.2) is 12.7 Å². The Kier molecular flexibility index (Phi) is 3.64. The van der Waals surface area contributed by atoms with E-state index < -0.39 is 18.5 Å². The molecule has 0 fully saturated rings. The van der Waals surface area contributed by atoms with E-state index in [0.717, 1.165) is 0 Å². The van der Waals surface area contributed by atoms with Crippen molar-refractivity contribution in [2.75, 3.05) is 6.54 Å². The zero-order chi connectivity index (χ0) is 8.91. The van der Waals surface area contributed by atoms with Crippen molar-refractivity contribution < 1.29 is 18.0 Å². The molecule has 0 aromatic rings. The van der Waals surface area contributed by atoms with Crippen LogP contribution in [0.25, 0.3) is 0 Å². The Bertz CT molecular complexity index is 152. The third-order valence-electron chi connectivity index (χ3n) is 0.805. The van der Waals surface area contributed by atoms with E-state index >= 15 is 0 Å². The van der Waals surface area contributed by atoms with Crippen molar-refractivity contribution in [3.8, 4) is 0 Å². The predicted octanol–water partition coefficient (Wildman–Crippen LogP) is 1.24. The molecule has 5 heteroatoms. The van der Waals surface area contributed by atoms with E-state index in [9.17, 15) is 18.0 Å². The molecule has 11 heavy (non-hydrogen) atoms. The van der Waals surface area contributed by atoms with Gasteiger partial charge in [-0.05, 0) is 0 Å². The van der Waals surface area contributed by atoms with Gasteiger partial charge in [-0.3, -0.25) is 4.79 Å². The molecule has 0 atom stereocenters. The molecule has 1 amide bonds. The minimum Gasteiger partial charge on any atom is -0.352 e. The maximum atomic E-state index is 11.4. The minimum absolute atomic E-state index is 0.0644. The van der Waals surface area contributed by atoms with Crippen LogP contribution >= 0.6 is 0 Å². The van der Waals surface area contributed by atoms with Crippen LogP contribution in [0, 0.1) is 0 Å². The summed E-state index contributed by atoms with van der Waals surface area (Å²) in [5.41, 5.74) is 0. The first-order valence-electron chi connectivity index (χ1n) is 2.90. The molecular formula is C6H8F3NO. The first kappa shape index (κ1) is 10.0. The molecule has 0 bridgehead atoms. The highest BCUT2D eigenvalue weighted by molar-refractivity contribution is 5.76. The minimum atomic E-state index is -4.43. The third kappa shape index (κ3) is 6.89. The zero-order valence-corrected chi connectivity index (χ0v) is 5.74. The average molecular weight is 167 g/mol. The van der Waals surface area contributed by atoms with Gasteiger partial charge < -0.3 is 5.32 Å². The van der Waals surface area contributed by atoms with Gasteiger partial charge in [0.25, 0.3) is 0 Å². The molecule has 0 radical (unpaired) electrons. The Hall–Kier alpha value is -1.00. The fourth-order valence-corrected chi connectivity index (χ4v) is 0.431. The van der Waals surface area contributed by atoms with Crippen LogP contribution in [0.4, 0.5) is 13.2 Å². The van der Waals surface area contributed by atoms with E-state index in [2.05, 4.69) is 6.58 Å². The number of hydrogen-bond acceptors (Lipinski definition) is 1. The lowest BCUT2D eigenvalue weighted by Gasteiger charge is -2.04. The molecule has 0 aromatic heterocycles. The number of hydrogen-bond donors (Lipinski definition) is 1. The standard InChI is InChI=1S/C6H8F3NO/c1-2-3-10-5(11)4-6(7,8)9/h2H,1,3-4H2,(H,10,11). The number of rotatable bonds is 3. The summed E-state index contributed by atoms with van der Waals surface area (Å²) in [4.78, 5) is 10.3. The summed E-state index contributed by atoms with van der Waals surface area (Å²) in [6.45, 7) is 3.30. The SMILES string of the molecule is C=CCNC(=O)CC(F)(F)F. The predicted molar refractivity (Wildman–Crippen MR) is 33.9 cm³/mol. The Morgan fingerprint density at radius 3 is 2.45 bits per heavy atom. The van der Waals surface area contributed by atoms with Gasteiger partial charge in [-0.15, -0.1) is 6.58 Å². The van der Waals surface area contributed by atoms with Crippen molar-refractivity contribution in [2.24, 2.45) is 0 Å². The van der Waals surface area contributed by atoms with Gasteiger partial charge in [-0.2, -0.15) is 13.2 Å². The van der Waals surface area contributed by atoms with Crippen LogP contribution in [0.1, 0.15) is 6.42 Å². The van der Waals surface area contributed by atoms with Crippen LogP contribution < -0.4 is 5.32 Å². The Balaban J connectivity index is 3.61. The van der Waals surface area contributed by atoms with Crippen LogP contribution in [-0.2, 0) is 4.79 Å². The number of nitrogens with one attached hydrogen (secondary N) is 1. The molecule has 0 aliphatic heterocycles. The summed E-state index contributed by atoms with van der Waals surface area (Å²) in [5.74, 6) is -1.03. The molecule has 0 aliphatic carbocycles. The maximum Gasteiger partial charge on any atom is 0.397 e. The second-order valence-corrected chi connectivity index (χ2v) is 1.88. The highest BCUT2D eigenvalue weighted by atomic mass is 19.4. The molecule has 2 nitrogen and oxygen atoms in total. The normalized spacial score (nSPS) is 10.8. The average Bonchev–Trinajstić information content (AvgIpc) is 1.79. The van der Waals surface area contributed by atoms with E-state index in [1.807, 2.05) is 5.32 Å². The van der Waals surface area contributed by atoms with Crippen LogP contribution in [0.3, 0.4) is 0 Å². The van der Waals surface area contributed by atoms with E-state index in [-0.39, 0.29) is 6.54 Å². The van der Waals surface area contributed by atoms with Crippen LogP contribution in [0.2, 0.25) is 0 Å². The van der Waals surface area contributed by atoms with Gasteiger partial charge in [0, 0.05) is 6.54 Å². The molecule has 0 aliphatic rings. The summed E-state index contributed by atoms with van der Waals surface area (Å²) in [7, 11) is 0. The lowest BCUT2D eigenvalue weighted by molar-refractivity contribution is -0.153. The number of carbonyl (C=O) groups excluding carboxylic acids is 1. The third-order valence-corrected chi connectivity index (χ3v) is 0.805. The second kappa shape index (κ2) is 4.00. The summed E-state index contributed by atoms with van der Waals surface area (Å²) in [6.07, 6.45) is -4.54. The van der Waals surface area contributed by atoms with Gasteiger partial charge >= 0.3 is 6.18 Å². The smallest absolute Gasteiger partial charge is 0.352 e. The van der Waals surface area contributed by atoms with Crippen molar-refractivity contribution in [2.45, 2.75) is 12.6 Å². The molecular weight excluding hydrogens is 159 g/mol. The number of amides is 1. The quantitative estimate of drug-likeness (QED) is 0.629. The lowest BCUT2D eigenvalue weighted by Crippen LogP contribution is -2.28. The van der Waals surface area contributed by atoms with Crippen molar-refractivity contribution in [1.29, 1.82) is 0 Å². The number of halogens is 3.